The molecule has 2 aromatic carbocycles. The number of hydrogen-bond acceptors (Lipinski definition) is 6. The first kappa shape index (κ1) is 22.8. The maximum Gasteiger partial charge on any atom is 0.331 e. The number of halogens is 1. The number of fused-ring (bicyclic) bond motifs is 1. The van der Waals surface area contributed by atoms with Gasteiger partial charge in [0.1, 0.15) is 0 Å². The molecule has 2 heterocycles. The van der Waals surface area contributed by atoms with E-state index in [1.54, 1.807) is 25.2 Å². The molecule has 168 valence electrons. The van der Waals surface area contributed by atoms with Crippen LogP contribution in [0.4, 0.5) is 0 Å². The van der Waals surface area contributed by atoms with E-state index < -0.39 is 23.4 Å². The Hall–Kier alpha value is -3.38. The van der Waals surface area contributed by atoms with E-state index in [1.807, 2.05) is 24.3 Å². The number of aromatic nitrogens is 4. The fourth-order valence-electron chi connectivity index (χ4n) is 3.55. The van der Waals surface area contributed by atoms with E-state index in [-0.39, 0.29) is 17.5 Å². The molecular weight excluding hydrogens is 537 g/mol. The summed E-state index contributed by atoms with van der Waals surface area (Å²) >= 11 is 2.18. The molecule has 1 N–H and O–H groups in total. The van der Waals surface area contributed by atoms with Gasteiger partial charge in [0.25, 0.3) is 11.5 Å². The van der Waals surface area contributed by atoms with E-state index >= 15 is 0 Å². The number of ether oxygens (including phenoxy) is 1. The van der Waals surface area contributed by atoms with Crippen molar-refractivity contribution in [3.05, 3.63) is 102 Å². The highest BCUT2D eigenvalue weighted by Gasteiger charge is 2.18. The summed E-state index contributed by atoms with van der Waals surface area (Å²) < 4.78 is 8.95. The predicted molar refractivity (Wildman–Crippen MR) is 131 cm³/mol. The molecule has 33 heavy (non-hydrogen) atoms. The van der Waals surface area contributed by atoms with E-state index in [0.717, 1.165) is 9.13 Å². The van der Waals surface area contributed by atoms with E-state index in [0.29, 0.717) is 11.1 Å². The molecule has 4 aromatic rings. The molecule has 1 atom stereocenters. The molecule has 10 heteroatoms. The van der Waals surface area contributed by atoms with Gasteiger partial charge < -0.3 is 10.1 Å². The van der Waals surface area contributed by atoms with Crippen molar-refractivity contribution in [3.63, 3.8) is 0 Å². The van der Waals surface area contributed by atoms with Crippen LogP contribution in [0, 0.1) is 3.57 Å². The summed E-state index contributed by atoms with van der Waals surface area (Å²) in [5, 5.41) is 10.5. The Morgan fingerprint density at radius 3 is 2.67 bits per heavy atom. The Bertz CT molecular complexity index is 1450. The van der Waals surface area contributed by atoms with Crippen molar-refractivity contribution in [1.29, 1.82) is 0 Å². The first-order valence-corrected chi connectivity index (χ1v) is 11.0. The zero-order valence-electron chi connectivity index (χ0n) is 17.9. The SMILES string of the molecule is COC(NC(=O)c1ccc2c(c1)c(=O)n(Cc1cccc(I)c1)c(=O)n2C)c1ccnnc1. The van der Waals surface area contributed by atoms with Crippen molar-refractivity contribution in [2.45, 2.75) is 12.8 Å². The Labute approximate surface area is 202 Å². The van der Waals surface area contributed by atoms with Gasteiger partial charge in [-0.15, -0.1) is 0 Å². The highest BCUT2D eigenvalue weighted by molar-refractivity contribution is 14.1. The Morgan fingerprint density at radius 1 is 1.15 bits per heavy atom. The Morgan fingerprint density at radius 2 is 1.97 bits per heavy atom. The minimum atomic E-state index is -0.735. The number of rotatable bonds is 6. The fourth-order valence-corrected chi connectivity index (χ4v) is 4.16. The number of amides is 1. The molecule has 2 aromatic heterocycles. The maximum atomic E-state index is 13.2. The smallest absolute Gasteiger partial charge is 0.331 e. The fraction of sp³-hybridized carbons (Fsp3) is 0.174. The van der Waals surface area contributed by atoms with Crippen LogP contribution in [-0.4, -0.2) is 32.3 Å². The van der Waals surface area contributed by atoms with Crippen molar-refractivity contribution in [2.75, 3.05) is 7.11 Å². The molecule has 1 unspecified atom stereocenters. The highest BCUT2D eigenvalue weighted by Crippen LogP contribution is 2.15. The number of nitrogens with zero attached hydrogens (tertiary/aromatic N) is 4. The van der Waals surface area contributed by atoms with Gasteiger partial charge in [-0.2, -0.15) is 10.2 Å². The average Bonchev–Trinajstić information content (AvgIpc) is 2.84. The molecule has 1 amide bonds. The topological polar surface area (TPSA) is 108 Å². The minimum Gasteiger partial charge on any atom is -0.357 e. The number of benzene rings is 2. The van der Waals surface area contributed by atoms with Gasteiger partial charge >= 0.3 is 5.69 Å². The van der Waals surface area contributed by atoms with E-state index in [9.17, 15) is 14.4 Å². The summed E-state index contributed by atoms with van der Waals surface area (Å²) in [7, 11) is 3.07. The van der Waals surface area contributed by atoms with Gasteiger partial charge in [0, 0.05) is 28.9 Å². The number of carbonyl (C=O) groups excluding carboxylic acids is 1. The van der Waals surface area contributed by atoms with Crippen LogP contribution in [0.1, 0.15) is 27.7 Å². The van der Waals surface area contributed by atoms with Crippen LogP contribution >= 0.6 is 22.6 Å². The van der Waals surface area contributed by atoms with Crippen LogP contribution < -0.4 is 16.6 Å². The van der Waals surface area contributed by atoms with Crippen molar-refractivity contribution in [2.24, 2.45) is 7.05 Å². The standard InChI is InChI=1S/C23H20IN5O4/c1-28-19-7-6-15(20(30)27-21(33-2)16-8-9-25-26-12-16)11-18(19)22(31)29(23(28)32)13-14-4-3-5-17(24)10-14/h3-12,21H,13H2,1-2H3,(H,27,30). The largest absolute Gasteiger partial charge is 0.357 e. The molecule has 0 aliphatic rings. The monoisotopic (exact) mass is 557 g/mol. The third-order valence-electron chi connectivity index (χ3n) is 5.25. The number of hydrogen-bond donors (Lipinski definition) is 1. The zero-order chi connectivity index (χ0) is 23.5. The number of methoxy groups -OCH3 is 1. The van der Waals surface area contributed by atoms with Crippen LogP contribution in [0.25, 0.3) is 10.9 Å². The molecule has 9 nitrogen and oxygen atoms in total. The molecule has 4 rings (SSSR count). The van der Waals surface area contributed by atoms with Gasteiger partial charge in [-0.1, -0.05) is 12.1 Å². The van der Waals surface area contributed by atoms with Crippen LogP contribution in [0.15, 0.2) is 70.5 Å². The molecule has 0 saturated carbocycles. The Balaban J connectivity index is 1.72. The molecule has 0 radical (unpaired) electrons. The van der Waals surface area contributed by atoms with Crippen LogP contribution in [-0.2, 0) is 18.3 Å². The number of aryl methyl sites for hydroxylation is 1. The lowest BCUT2D eigenvalue weighted by Gasteiger charge is -2.17. The zero-order valence-corrected chi connectivity index (χ0v) is 20.0. The molecule has 0 saturated heterocycles. The quantitative estimate of drug-likeness (QED) is 0.288. The highest BCUT2D eigenvalue weighted by atomic mass is 127. The van der Waals surface area contributed by atoms with Crippen LogP contribution in [0.3, 0.4) is 0 Å². The minimum absolute atomic E-state index is 0.134. The molecule has 0 aliphatic carbocycles. The molecule has 0 bridgehead atoms. The van der Waals surface area contributed by atoms with Crippen LogP contribution in [0.2, 0.25) is 0 Å². The van der Waals surface area contributed by atoms with Crippen molar-refractivity contribution in [3.8, 4) is 0 Å². The van der Waals surface area contributed by atoms with Gasteiger partial charge in [0.15, 0.2) is 6.23 Å². The third kappa shape index (κ3) is 4.71. The van der Waals surface area contributed by atoms with Gasteiger partial charge in [0.2, 0.25) is 0 Å². The lowest BCUT2D eigenvalue weighted by atomic mass is 10.1. The molecule has 0 aliphatic heterocycles. The van der Waals surface area contributed by atoms with Gasteiger partial charge in [0.05, 0.1) is 29.8 Å². The van der Waals surface area contributed by atoms with Gasteiger partial charge in [-0.25, -0.2) is 4.79 Å². The van der Waals surface area contributed by atoms with Gasteiger partial charge in [-0.3, -0.25) is 18.7 Å². The van der Waals surface area contributed by atoms with E-state index in [1.165, 1.54) is 34.7 Å². The van der Waals surface area contributed by atoms with Crippen LogP contribution in [0.5, 0.6) is 0 Å². The lowest BCUT2D eigenvalue weighted by molar-refractivity contribution is 0.0573. The summed E-state index contributed by atoms with van der Waals surface area (Å²) in [6, 6.07) is 13.9. The second-order valence-electron chi connectivity index (χ2n) is 7.36. The summed E-state index contributed by atoms with van der Waals surface area (Å²) in [4.78, 5) is 39.0. The summed E-state index contributed by atoms with van der Waals surface area (Å²) in [5.74, 6) is -0.432. The lowest BCUT2D eigenvalue weighted by Crippen LogP contribution is -2.39. The second-order valence-corrected chi connectivity index (χ2v) is 8.61. The number of nitrogens with one attached hydrogen (secondary N) is 1. The number of carbonyl (C=O) groups is 1. The van der Waals surface area contributed by atoms with Crippen molar-refractivity contribution in [1.82, 2.24) is 24.6 Å². The third-order valence-corrected chi connectivity index (χ3v) is 5.92. The van der Waals surface area contributed by atoms with Crippen molar-refractivity contribution < 1.29 is 9.53 Å². The predicted octanol–water partition coefficient (Wildman–Crippen LogP) is 2.22. The first-order chi connectivity index (χ1) is 15.9. The van der Waals surface area contributed by atoms with E-state index in [2.05, 4.69) is 38.1 Å². The first-order valence-electron chi connectivity index (χ1n) is 9.97. The summed E-state index contributed by atoms with van der Waals surface area (Å²) in [6.07, 6.45) is 2.26. The molecular formula is C23H20IN5O4. The second kappa shape index (κ2) is 9.63. The summed E-state index contributed by atoms with van der Waals surface area (Å²) in [6.45, 7) is 0.134. The summed E-state index contributed by atoms with van der Waals surface area (Å²) in [5.41, 5.74) is 1.30. The molecule has 0 fully saturated rings. The van der Waals surface area contributed by atoms with Crippen molar-refractivity contribution >= 4 is 39.4 Å². The Kier molecular flexibility index (Phi) is 6.65. The average molecular weight is 557 g/mol. The molecule has 0 spiro atoms. The maximum absolute atomic E-state index is 13.2. The van der Waals surface area contributed by atoms with E-state index in [4.69, 9.17) is 4.74 Å². The normalized spacial score (nSPS) is 12.0. The van der Waals surface area contributed by atoms with Gasteiger partial charge in [-0.05, 0) is 64.6 Å².